The number of hydrogen-bond acceptors (Lipinski definition) is 2. The van der Waals surface area contributed by atoms with Crippen LogP contribution < -0.4 is 5.73 Å². The molecule has 0 fully saturated rings. The summed E-state index contributed by atoms with van der Waals surface area (Å²) in [6.07, 6.45) is 2.62. The molecule has 1 aliphatic heterocycles. The molecule has 0 amide bonds. The maximum absolute atomic E-state index is 14.0. The normalized spacial score (nSPS) is 21.9. The molecule has 0 bridgehead atoms. The fourth-order valence-corrected chi connectivity index (χ4v) is 2.83. The largest absolute Gasteiger partial charge is 0.332 e. The van der Waals surface area contributed by atoms with E-state index < -0.39 is 11.6 Å². The van der Waals surface area contributed by atoms with E-state index in [0.717, 1.165) is 12.2 Å². The van der Waals surface area contributed by atoms with Crippen molar-refractivity contribution < 1.29 is 8.78 Å². The molecule has 2 heterocycles. The van der Waals surface area contributed by atoms with Crippen molar-refractivity contribution in [1.29, 1.82) is 0 Å². The highest BCUT2D eigenvalue weighted by Gasteiger charge is 2.25. The highest BCUT2D eigenvalue weighted by molar-refractivity contribution is 5.60. The van der Waals surface area contributed by atoms with Gasteiger partial charge in [0, 0.05) is 30.3 Å². The Hall–Kier alpha value is -1.75. The first-order chi connectivity index (χ1) is 9.45. The molecule has 0 saturated carbocycles. The highest BCUT2D eigenvalue weighted by atomic mass is 19.1. The first-order valence-electron chi connectivity index (χ1n) is 6.74. The Bertz CT molecular complexity index is 663. The van der Waals surface area contributed by atoms with Crippen molar-refractivity contribution in [2.24, 2.45) is 5.73 Å². The van der Waals surface area contributed by atoms with E-state index in [0.29, 0.717) is 17.8 Å². The van der Waals surface area contributed by atoms with Crippen LogP contribution in [0, 0.1) is 18.6 Å². The lowest BCUT2D eigenvalue weighted by Crippen LogP contribution is -2.33. The van der Waals surface area contributed by atoms with Gasteiger partial charge in [0.15, 0.2) is 0 Å². The molecule has 1 aromatic heterocycles. The Morgan fingerprint density at radius 2 is 2.05 bits per heavy atom. The first-order valence-corrected chi connectivity index (χ1v) is 6.74. The van der Waals surface area contributed by atoms with E-state index in [1.165, 1.54) is 12.1 Å². The topological polar surface area (TPSA) is 43.8 Å². The van der Waals surface area contributed by atoms with Gasteiger partial charge in [-0.2, -0.15) is 0 Å². The molecule has 0 aliphatic carbocycles. The monoisotopic (exact) mass is 277 g/mol. The Kier molecular flexibility index (Phi) is 3.09. The van der Waals surface area contributed by atoms with Gasteiger partial charge in [-0.1, -0.05) is 6.92 Å². The van der Waals surface area contributed by atoms with Gasteiger partial charge in [0.25, 0.3) is 0 Å². The molecule has 106 valence electrons. The van der Waals surface area contributed by atoms with Crippen molar-refractivity contribution in [2.75, 3.05) is 0 Å². The van der Waals surface area contributed by atoms with E-state index in [-0.39, 0.29) is 17.5 Å². The lowest BCUT2D eigenvalue weighted by molar-refractivity contribution is 0.407. The fourth-order valence-electron chi connectivity index (χ4n) is 2.83. The summed E-state index contributed by atoms with van der Waals surface area (Å²) in [5.74, 6) is 0.251. The van der Waals surface area contributed by atoms with Crippen LogP contribution in [0.25, 0.3) is 11.3 Å². The van der Waals surface area contributed by atoms with Gasteiger partial charge >= 0.3 is 0 Å². The van der Waals surface area contributed by atoms with Crippen molar-refractivity contribution in [2.45, 2.75) is 38.8 Å². The molecule has 2 unspecified atom stereocenters. The van der Waals surface area contributed by atoms with E-state index in [1.54, 1.807) is 13.1 Å². The molecule has 1 aromatic carbocycles. The zero-order chi connectivity index (χ0) is 14.4. The zero-order valence-corrected chi connectivity index (χ0v) is 11.5. The number of imidazole rings is 1. The second-order valence-electron chi connectivity index (χ2n) is 5.61. The van der Waals surface area contributed by atoms with Crippen LogP contribution in [0.2, 0.25) is 0 Å². The Balaban J connectivity index is 2.08. The molecule has 5 heteroatoms. The molecule has 3 rings (SSSR count). The maximum Gasteiger partial charge on any atom is 0.133 e. The van der Waals surface area contributed by atoms with Crippen molar-refractivity contribution in [1.82, 2.24) is 9.55 Å². The van der Waals surface area contributed by atoms with Crippen molar-refractivity contribution in [3.8, 4) is 11.3 Å². The molecule has 3 nitrogen and oxygen atoms in total. The molecule has 0 radical (unpaired) electrons. The maximum atomic E-state index is 14.0. The third-order valence-corrected chi connectivity index (χ3v) is 3.86. The number of nitrogens with zero attached hydrogens (tertiary/aromatic N) is 2. The summed E-state index contributed by atoms with van der Waals surface area (Å²) in [5, 5.41) is 0. The Morgan fingerprint density at radius 1 is 1.30 bits per heavy atom. The molecule has 0 spiro atoms. The number of rotatable bonds is 1. The van der Waals surface area contributed by atoms with E-state index in [1.807, 2.05) is 11.5 Å². The van der Waals surface area contributed by atoms with Crippen LogP contribution in [-0.2, 0) is 6.54 Å². The van der Waals surface area contributed by atoms with Gasteiger partial charge in [0.2, 0.25) is 0 Å². The molecule has 0 saturated heterocycles. The first kappa shape index (κ1) is 13.2. The third-order valence-electron chi connectivity index (χ3n) is 3.86. The Labute approximate surface area is 116 Å². The number of fused-ring (bicyclic) bond motifs is 1. The minimum atomic E-state index is -0.448. The SMILES string of the molecule is Cc1cc(F)c(-c2cn3c(n2)C(C)CC(N)C3)cc1F. The predicted octanol–water partition coefficient (Wildman–Crippen LogP) is 2.97. The highest BCUT2D eigenvalue weighted by Crippen LogP contribution is 2.30. The number of aryl methyl sites for hydroxylation is 1. The second kappa shape index (κ2) is 4.66. The fraction of sp³-hybridized carbons (Fsp3) is 0.400. The van der Waals surface area contributed by atoms with E-state index in [2.05, 4.69) is 4.98 Å². The van der Waals surface area contributed by atoms with Crippen LogP contribution >= 0.6 is 0 Å². The summed E-state index contributed by atoms with van der Waals surface area (Å²) in [5.41, 5.74) is 6.95. The van der Waals surface area contributed by atoms with E-state index >= 15 is 0 Å². The van der Waals surface area contributed by atoms with Gasteiger partial charge in [-0.15, -0.1) is 0 Å². The smallest absolute Gasteiger partial charge is 0.133 e. The minimum absolute atomic E-state index is 0.0825. The quantitative estimate of drug-likeness (QED) is 0.871. The van der Waals surface area contributed by atoms with Crippen molar-refractivity contribution in [3.05, 3.63) is 41.4 Å². The molecule has 2 aromatic rings. The molecule has 1 aliphatic rings. The lowest BCUT2D eigenvalue weighted by Gasteiger charge is -2.25. The zero-order valence-electron chi connectivity index (χ0n) is 11.5. The van der Waals surface area contributed by atoms with Gasteiger partial charge in [0.05, 0.1) is 5.69 Å². The molecule has 2 atom stereocenters. The summed E-state index contributed by atoms with van der Waals surface area (Å²) in [7, 11) is 0. The van der Waals surface area contributed by atoms with Gasteiger partial charge in [0.1, 0.15) is 17.5 Å². The lowest BCUT2D eigenvalue weighted by atomic mass is 9.98. The summed E-state index contributed by atoms with van der Waals surface area (Å²) >= 11 is 0. The third kappa shape index (κ3) is 2.12. The van der Waals surface area contributed by atoms with Crippen molar-refractivity contribution >= 4 is 0 Å². The summed E-state index contributed by atoms with van der Waals surface area (Å²) < 4.78 is 29.6. The van der Waals surface area contributed by atoms with Crippen LogP contribution in [-0.4, -0.2) is 15.6 Å². The van der Waals surface area contributed by atoms with Gasteiger partial charge in [-0.25, -0.2) is 13.8 Å². The Morgan fingerprint density at radius 3 is 2.80 bits per heavy atom. The van der Waals surface area contributed by atoms with Crippen LogP contribution in [0.1, 0.15) is 30.7 Å². The number of nitrogens with two attached hydrogens (primary N) is 1. The van der Waals surface area contributed by atoms with Crippen molar-refractivity contribution in [3.63, 3.8) is 0 Å². The predicted molar refractivity (Wildman–Crippen MR) is 73.3 cm³/mol. The van der Waals surface area contributed by atoms with E-state index in [4.69, 9.17) is 5.73 Å². The van der Waals surface area contributed by atoms with Gasteiger partial charge in [-0.3, -0.25) is 0 Å². The minimum Gasteiger partial charge on any atom is -0.332 e. The molecular weight excluding hydrogens is 260 g/mol. The summed E-state index contributed by atoms with van der Waals surface area (Å²) in [6, 6.07) is 2.50. The standard InChI is InChI=1S/C15H17F2N3/c1-8-4-13(17)11(5-12(8)16)14-7-20-6-10(18)3-9(2)15(20)19-14/h4-5,7,9-10H,3,6,18H2,1-2H3. The molecule has 2 N–H and O–H groups in total. The van der Waals surface area contributed by atoms with Crippen LogP contribution in [0.4, 0.5) is 8.78 Å². The number of halogens is 2. The number of benzene rings is 1. The van der Waals surface area contributed by atoms with Gasteiger partial charge in [-0.05, 0) is 31.0 Å². The number of hydrogen-bond donors (Lipinski definition) is 1. The number of aromatic nitrogens is 2. The van der Waals surface area contributed by atoms with Gasteiger partial charge < -0.3 is 10.3 Å². The van der Waals surface area contributed by atoms with E-state index in [9.17, 15) is 8.78 Å². The molecule has 20 heavy (non-hydrogen) atoms. The summed E-state index contributed by atoms with van der Waals surface area (Å²) in [4.78, 5) is 4.47. The van der Waals surface area contributed by atoms with Crippen LogP contribution in [0.15, 0.2) is 18.3 Å². The second-order valence-corrected chi connectivity index (χ2v) is 5.61. The van der Waals surface area contributed by atoms with Crippen LogP contribution in [0.5, 0.6) is 0 Å². The molecular formula is C15H17F2N3. The van der Waals surface area contributed by atoms with Crippen LogP contribution in [0.3, 0.4) is 0 Å². The average Bonchev–Trinajstić information content (AvgIpc) is 2.77. The summed E-state index contributed by atoms with van der Waals surface area (Å²) in [6.45, 7) is 4.26. The average molecular weight is 277 g/mol.